The molecule has 0 aliphatic carbocycles. The molecule has 0 saturated heterocycles. The van der Waals surface area contributed by atoms with Gasteiger partial charge in [-0.3, -0.25) is 0 Å². The van der Waals surface area contributed by atoms with E-state index in [1.807, 2.05) is 0 Å². The Kier molecular flexibility index (Phi) is 4.68. The SMILES string of the molecule is COC(=O)C1=C(C)N(C)C(=O)N(C)[C@@H]1c1cccc(Cl)c1Cl. The van der Waals surface area contributed by atoms with Crippen LogP contribution in [0.1, 0.15) is 18.5 Å². The Morgan fingerprint density at radius 3 is 2.50 bits per heavy atom. The third kappa shape index (κ3) is 2.55. The molecule has 1 heterocycles. The van der Waals surface area contributed by atoms with E-state index in [9.17, 15) is 9.59 Å². The number of benzene rings is 1. The second-order valence-electron chi connectivity index (χ2n) is 4.99. The monoisotopic (exact) mass is 342 g/mol. The van der Waals surface area contributed by atoms with E-state index in [0.717, 1.165) is 0 Å². The normalized spacial score (nSPS) is 18.8. The molecule has 5 nitrogen and oxygen atoms in total. The third-order valence-corrected chi connectivity index (χ3v) is 4.66. The number of carbonyl (C=O) groups excluding carboxylic acids is 2. The first-order valence-corrected chi connectivity index (χ1v) is 7.30. The summed E-state index contributed by atoms with van der Waals surface area (Å²) < 4.78 is 4.88. The van der Waals surface area contributed by atoms with Gasteiger partial charge in [0.2, 0.25) is 0 Å². The Hall–Kier alpha value is -1.72. The molecule has 22 heavy (non-hydrogen) atoms. The average molecular weight is 343 g/mol. The van der Waals surface area contributed by atoms with E-state index in [1.165, 1.54) is 16.9 Å². The van der Waals surface area contributed by atoms with Crippen LogP contribution in [0, 0.1) is 0 Å². The Morgan fingerprint density at radius 1 is 1.27 bits per heavy atom. The number of ether oxygens (including phenoxy) is 1. The van der Waals surface area contributed by atoms with Crippen LogP contribution >= 0.6 is 23.2 Å². The maximum atomic E-state index is 12.4. The van der Waals surface area contributed by atoms with Gasteiger partial charge in [-0.15, -0.1) is 0 Å². The molecule has 1 atom stereocenters. The Labute approximate surface area is 139 Å². The van der Waals surface area contributed by atoms with Crippen molar-refractivity contribution in [1.82, 2.24) is 9.80 Å². The van der Waals surface area contributed by atoms with Crippen molar-refractivity contribution in [2.45, 2.75) is 13.0 Å². The van der Waals surface area contributed by atoms with Gasteiger partial charge in [0.05, 0.1) is 28.8 Å². The lowest BCUT2D eigenvalue weighted by Crippen LogP contribution is -2.47. The number of nitrogens with zero attached hydrogens (tertiary/aromatic N) is 2. The molecule has 1 aliphatic heterocycles. The molecule has 2 rings (SSSR count). The number of rotatable bonds is 2. The molecule has 0 N–H and O–H groups in total. The number of hydrogen-bond donors (Lipinski definition) is 0. The first-order chi connectivity index (χ1) is 10.3. The van der Waals surface area contributed by atoms with Crippen LogP contribution in [0.3, 0.4) is 0 Å². The zero-order valence-corrected chi connectivity index (χ0v) is 14.2. The molecule has 2 amide bonds. The summed E-state index contributed by atoms with van der Waals surface area (Å²) in [4.78, 5) is 27.4. The van der Waals surface area contributed by atoms with E-state index in [4.69, 9.17) is 27.9 Å². The van der Waals surface area contributed by atoms with Gasteiger partial charge in [-0.25, -0.2) is 9.59 Å². The number of methoxy groups -OCH3 is 1. The summed E-state index contributed by atoms with van der Waals surface area (Å²) in [5.74, 6) is -0.509. The van der Waals surface area contributed by atoms with E-state index in [1.54, 1.807) is 39.2 Å². The molecule has 0 bridgehead atoms. The molecule has 0 spiro atoms. The van der Waals surface area contributed by atoms with Crippen LogP contribution in [0.4, 0.5) is 4.79 Å². The molecule has 1 aromatic rings. The molecule has 1 aliphatic rings. The number of carbonyl (C=O) groups is 2. The van der Waals surface area contributed by atoms with E-state index >= 15 is 0 Å². The van der Waals surface area contributed by atoms with Gasteiger partial charge in [-0.1, -0.05) is 35.3 Å². The fourth-order valence-electron chi connectivity index (χ4n) is 2.53. The number of allylic oxidation sites excluding steroid dienone is 1. The van der Waals surface area contributed by atoms with Crippen molar-refractivity contribution in [1.29, 1.82) is 0 Å². The minimum Gasteiger partial charge on any atom is -0.466 e. The molecule has 0 radical (unpaired) electrons. The zero-order chi connectivity index (χ0) is 16.6. The first-order valence-electron chi connectivity index (χ1n) is 6.54. The molecular weight excluding hydrogens is 327 g/mol. The topological polar surface area (TPSA) is 49.9 Å². The molecule has 1 aromatic carbocycles. The summed E-state index contributed by atoms with van der Waals surface area (Å²) in [7, 11) is 4.51. The van der Waals surface area contributed by atoms with Gasteiger partial charge in [0.15, 0.2) is 0 Å². The quantitative estimate of drug-likeness (QED) is 0.773. The molecule has 118 valence electrons. The molecule has 7 heteroatoms. The minimum absolute atomic E-state index is 0.244. The highest BCUT2D eigenvalue weighted by atomic mass is 35.5. The van der Waals surface area contributed by atoms with Crippen LogP contribution in [0.25, 0.3) is 0 Å². The minimum atomic E-state index is -0.651. The predicted molar refractivity (Wildman–Crippen MR) is 84.8 cm³/mol. The Balaban J connectivity index is 2.71. The Morgan fingerprint density at radius 2 is 1.91 bits per heavy atom. The molecule has 0 aromatic heterocycles. The van der Waals surface area contributed by atoms with Crippen molar-refractivity contribution < 1.29 is 14.3 Å². The van der Waals surface area contributed by atoms with Crippen molar-refractivity contribution in [3.8, 4) is 0 Å². The fourth-order valence-corrected chi connectivity index (χ4v) is 2.94. The standard InChI is InChI=1S/C15H16Cl2N2O3/c1-8-11(14(20)22-4)13(19(3)15(21)18(8)2)9-6-5-7-10(16)12(9)17/h5-7,13H,1-4H3/t13-/m1/s1. The summed E-state index contributed by atoms with van der Waals surface area (Å²) in [5.41, 5.74) is 1.46. The van der Waals surface area contributed by atoms with Crippen LogP contribution in [0.15, 0.2) is 29.5 Å². The fraction of sp³-hybridized carbons (Fsp3) is 0.333. The lowest BCUT2D eigenvalue weighted by atomic mass is 9.93. The maximum absolute atomic E-state index is 12.4. The highest BCUT2D eigenvalue weighted by Crippen LogP contribution is 2.40. The summed E-state index contributed by atoms with van der Waals surface area (Å²) in [6.45, 7) is 1.70. The van der Waals surface area contributed by atoms with Crippen molar-refractivity contribution in [3.63, 3.8) is 0 Å². The molecule has 0 unspecified atom stereocenters. The molecule has 0 fully saturated rings. The van der Waals surface area contributed by atoms with E-state index in [-0.39, 0.29) is 6.03 Å². The van der Waals surface area contributed by atoms with Crippen molar-refractivity contribution in [2.24, 2.45) is 0 Å². The van der Waals surface area contributed by atoms with E-state index < -0.39 is 12.0 Å². The molecular formula is C15H16Cl2N2O3. The second-order valence-corrected chi connectivity index (χ2v) is 5.77. The van der Waals surface area contributed by atoms with Crippen LogP contribution in [-0.2, 0) is 9.53 Å². The largest absolute Gasteiger partial charge is 0.466 e. The van der Waals surface area contributed by atoms with Crippen molar-refractivity contribution in [3.05, 3.63) is 45.1 Å². The van der Waals surface area contributed by atoms with Gasteiger partial charge in [0, 0.05) is 19.8 Å². The zero-order valence-electron chi connectivity index (χ0n) is 12.7. The highest BCUT2D eigenvalue weighted by molar-refractivity contribution is 6.42. The lowest BCUT2D eigenvalue weighted by molar-refractivity contribution is -0.137. The number of halogens is 2. The average Bonchev–Trinajstić information content (AvgIpc) is 2.51. The highest BCUT2D eigenvalue weighted by Gasteiger charge is 2.40. The van der Waals surface area contributed by atoms with E-state index in [2.05, 4.69) is 0 Å². The van der Waals surface area contributed by atoms with Crippen LogP contribution in [0.5, 0.6) is 0 Å². The Bertz CT molecular complexity index is 673. The smallest absolute Gasteiger partial charge is 0.337 e. The number of hydrogen-bond acceptors (Lipinski definition) is 3. The van der Waals surface area contributed by atoms with Gasteiger partial charge in [0.1, 0.15) is 0 Å². The number of amides is 2. The first kappa shape index (κ1) is 16.6. The number of esters is 1. The summed E-state index contributed by atoms with van der Waals surface area (Å²) in [6, 6.07) is 4.22. The van der Waals surface area contributed by atoms with Crippen LogP contribution in [0.2, 0.25) is 10.0 Å². The van der Waals surface area contributed by atoms with Gasteiger partial charge in [0.25, 0.3) is 0 Å². The molecule has 0 saturated carbocycles. The van der Waals surface area contributed by atoms with Gasteiger partial charge in [-0.2, -0.15) is 0 Å². The van der Waals surface area contributed by atoms with Crippen molar-refractivity contribution in [2.75, 3.05) is 21.2 Å². The van der Waals surface area contributed by atoms with Crippen molar-refractivity contribution >= 4 is 35.2 Å². The third-order valence-electron chi connectivity index (χ3n) is 3.82. The van der Waals surface area contributed by atoms with Gasteiger partial charge < -0.3 is 14.5 Å². The number of likely N-dealkylation sites (N-methyl/N-ethyl adjacent to an activating group) is 1. The second kappa shape index (κ2) is 6.18. The lowest BCUT2D eigenvalue weighted by Gasteiger charge is -2.39. The summed E-state index contributed by atoms with van der Waals surface area (Å²) in [6.07, 6.45) is 0. The van der Waals surface area contributed by atoms with Crippen LogP contribution < -0.4 is 0 Å². The number of urea groups is 1. The predicted octanol–water partition coefficient (Wildman–Crippen LogP) is 3.48. The summed E-state index contributed by atoms with van der Waals surface area (Å²) >= 11 is 12.3. The van der Waals surface area contributed by atoms with E-state index in [0.29, 0.717) is 26.9 Å². The van der Waals surface area contributed by atoms with Crippen LogP contribution in [-0.4, -0.2) is 43.0 Å². The summed E-state index contributed by atoms with van der Waals surface area (Å²) in [5, 5.41) is 0.674. The van der Waals surface area contributed by atoms with Gasteiger partial charge >= 0.3 is 12.0 Å². The van der Waals surface area contributed by atoms with Gasteiger partial charge in [-0.05, 0) is 18.6 Å². The maximum Gasteiger partial charge on any atom is 0.337 e.